The molecule has 10 fully saturated rings. The minimum atomic E-state index is -1.09. The Morgan fingerprint density at radius 2 is 0.729 bits per heavy atom. The summed E-state index contributed by atoms with van der Waals surface area (Å²) in [5, 5.41) is 24.8. The molecule has 0 aliphatic carbocycles. The van der Waals surface area contributed by atoms with Gasteiger partial charge >= 0.3 is 17.9 Å². The summed E-state index contributed by atoms with van der Waals surface area (Å²) in [4.78, 5) is 177. The lowest BCUT2D eigenvalue weighted by atomic mass is 9.70. The SMILES string of the molecule is C.C.CI.COC(=O)C1CCNC(=O)C1.COc1ccc(CN2CC3(CCN(C)C(=O)C3)C2=O)cc1.COc1ccc(CN2CC3(CCN(C)C(=O)C3)C2=O)cc1.COc1ccc(CN2CC3(CCN(C)C(=O)C3)C2=O)cc1.COc1ccc(CN2CC3(CCNC(=O)C3)C2=O)cc1.O=C(O)c1cc[nH]c(=O)c1.O=C1CC(C(=O)O)CCN1. The van der Waals surface area contributed by atoms with Crippen LogP contribution < -0.4 is 40.5 Å². The number of benzene rings is 4. The van der Waals surface area contributed by atoms with Crippen molar-refractivity contribution < 1.29 is 96.2 Å². The number of carbonyl (C=O) groups excluding carboxylic acids is 11. The lowest BCUT2D eigenvalue weighted by molar-refractivity contribution is -0.171. The Bertz CT molecular complexity index is 4150. The van der Waals surface area contributed by atoms with E-state index in [9.17, 15) is 67.1 Å². The summed E-state index contributed by atoms with van der Waals surface area (Å²) >= 11 is 2.15. The number of aromatic carboxylic acids is 1. The molecule has 6 unspecified atom stereocenters. The molecular weight excluding hydrogens is 1640 g/mol. The number of carboxylic acid groups (broad SMARTS) is 2. The van der Waals surface area contributed by atoms with E-state index in [4.69, 9.17) is 29.2 Å². The number of ether oxygens (including phenoxy) is 5. The molecule has 0 bridgehead atoms. The van der Waals surface area contributed by atoms with Crippen molar-refractivity contribution in [3.05, 3.63) is 154 Å². The van der Waals surface area contributed by atoms with Gasteiger partial charge in [0.2, 0.25) is 64.6 Å². The van der Waals surface area contributed by atoms with Crippen molar-refractivity contribution in [2.24, 2.45) is 33.5 Å². The maximum Gasteiger partial charge on any atom is 0.335 e. The number of aliphatic carboxylic acids is 1. The van der Waals surface area contributed by atoms with Crippen LogP contribution in [0.2, 0.25) is 0 Å². The first-order chi connectivity index (χ1) is 55.4. The monoisotopic (exact) mass is 1750 g/mol. The molecule has 33 heteroatoms. The fourth-order valence-electron chi connectivity index (χ4n) is 15.3. The molecule has 1 aromatic heterocycles. The summed E-state index contributed by atoms with van der Waals surface area (Å²) < 4.78 is 25.0. The lowest BCUT2D eigenvalue weighted by Crippen LogP contribution is -2.64. The number of methoxy groups -OCH3 is 5. The highest BCUT2D eigenvalue weighted by molar-refractivity contribution is 14.1. The number of pyridine rings is 1. The largest absolute Gasteiger partial charge is 0.497 e. The molecule has 0 saturated carbocycles. The van der Waals surface area contributed by atoms with E-state index in [0.717, 1.165) is 77.0 Å². The first-order valence-electron chi connectivity index (χ1n) is 38.2. The molecule has 15 rings (SSSR count). The number of aromatic nitrogens is 1. The number of carbonyl (C=O) groups is 13. The smallest absolute Gasteiger partial charge is 0.335 e. The number of nitrogens with zero attached hydrogens (tertiary/aromatic N) is 7. The van der Waals surface area contributed by atoms with Gasteiger partial charge in [-0.25, -0.2) is 4.79 Å². The van der Waals surface area contributed by atoms with Gasteiger partial charge < -0.3 is 89.1 Å². The number of β-lactam (4-membered cyclic amide) rings is 4. The van der Waals surface area contributed by atoms with E-state index < -0.39 is 45.1 Å². The minimum Gasteiger partial charge on any atom is -0.497 e. The summed E-state index contributed by atoms with van der Waals surface area (Å²) in [6.07, 6.45) is 7.49. The number of alkyl halides is 1. The summed E-state index contributed by atoms with van der Waals surface area (Å²) in [6.45, 7) is 8.92. The molecule has 0 radical (unpaired) electrons. The van der Waals surface area contributed by atoms with E-state index in [2.05, 4.69) is 48.3 Å². The topological polar surface area (TPSA) is 400 Å². The van der Waals surface area contributed by atoms with Crippen LogP contribution in [-0.2, 0) is 88.5 Å². The number of rotatable bonds is 15. The highest BCUT2D eigenvalue weighted by Gasteiger charge is 2.58. The second-order valence-corrected chi connectivity index (χ2v) is 30.3. The molecule has 10 amide bonds. The number of likely N-dealkylation sites (tertiary alicyclic amines) is 7. The number of hydrogen-bond donors (Lipinski definition) is 6. The number of nitrogens with one attached hydrogen (secondary N) is 4. The standard InChI is InChI=1S/3C16H20N2O3.C15H18N2O3.C7H11NO3.C6H9NO3.C6H5NO3.CH3I.2CH4/c3*1-17-8-7-16(9-14(17)19)11-18(15(16)20)10-12-3-5-13(21-2)6-4-12;1-20-12-4-2-11(3-5-12)9-17-10-15(14(17)19)6-7-16-13(18)8-15;1-11-7(10)5-2-3-8-6(9)4-5;2*8-5-3-4(6(9)10)1-2-7-5;1-2;;/h3*3-6H,7-11H2,1-2H3;2-5H,6-10H2,1H3,(H,16,18);5H,2-4H2,1H3,(H,8,9);4H,1-3H2,(H,7,8)(H,9,10);1-3H,(H,7,8)(H,9,10);1H3;2*1H4. The third kappa shape index (κ3) is 24.7. The molecule has 10 aliphatic rings. The zero-order chi connectivity index (χ0) is 84.7. The van der Waals surface area contributed by atoms with Gasteiger partial charge in [-0.3, -0.25) is 62.3 Å². The molecule has 10 saturated heterocycles. The fourth-order valence-corrected chi connectivity index (χ4v) is 15.3. The number of esters is 1. The third-order valence-electron chi connectivity index (χ3n) is 22.4. The van der Waals surface area contributed by atoms with Gasteiger partial charge in [-0.05, 0) is 120 Å². The van der Waals surface area contributed by atoms with Crippen LogP contribution in [0.25, 0.3) is 0 Å². The van der Waals surface area contributed by atoms with E-state index in [1.807, 2.05) is 122 Å². The van der Waals surface area contributed by atoms with Crippen LogP contribution in [0.15, 0.2) is 120 Å². The molecule has 118 heavy (non-hydrogen) atoms. The average molecular weight is 1750 g/mol. The summed E-state index contributed by atoms with van der Waals surface area (Å²) in [6, 6.07) is 33.3. The van der Waals surface area contributed by atoms with Gasteiger partial charge in [0, 0.05) is 164 Å². The summed E-state index contributed by atoms with van der Waals surface area (Å²) in [5.74, 6) is 0.827. The maximum atomic E-state index is 12.4. The van der Waals surface area contributed by atoms with Crippen LogP contribution in [0.4, 0.5) is 0 Å². The van der Waals surface area contributed by atoms with E-state index in [1.54, 1.807) is 64.3 Å². The Balaban J connectivity index is 0.000000217. The number of amides is 10. The average Bonchev–Trinajstić information content (AvgIpc) is 0.762. The number of H-pyrrole nitrogens is 1. The predicted octanol–water partition coefficient (Wildman–Crippen LogP) is 6.44. The lowest BCUT2D eigenvalue weighted by Gasteiger charge is -2.51. The number of hydrogen-bond acceptors (Lipinski definition) is 19. The molecule has 11 heterocycles. The maximum absolute atomic E-state index is 12.4. The summed E-state index contributed by atoms with van der Waals surface area (Å²) in [5.41, 5.74) is 2.24. The van der Waals surface area contributed by atoms with Gasteiger partial charge in [0.25, 0.3) is 0 Å². The van der Waals surface area contributed by atoms with Gasteiger partial charge in [-0.1, -0.05) is 86.0 Å². The Morgan fingerprint density at radius 1 is 0.424 bits per heavy atom. The Kier molecular flexibility index (Phi) is 35.6. The normalized spacial score (nSPS) is 23.0. The zero-order valence-corrected chi connectivity index (χ0v) is 69.3. The predicted molar refractivity (Wildman–Crippen MR) is 445 cm³/mol. The zero-order valence-electron chi connectivity index (χ0n) is 67.2. The quantitative estimate of drug-likeness (QED) is 0.0284. The number of piperidine rings is 6. The van der Waals surface area contributed by atoms with Gasteiger partial charge in [0.1, 0.15) is 23.0 Å². The van der Waals surface area contributed by atoms with Crippen LogP contribution >= 0.6 is 22.6 Å². The minimum absolute atomic E-state index is 0. The van der Waals surface area contributed by atoms with Gasteiger partial charge in [0.05, 0.1) is 74.6 Å². The van der Waals surface area contributed by atoms with Crippen LogP contribution in [0, 0.1) is 33.5 Å². The first-order valence-corrected chi connectivity index (χ1v) is 40.4. The van der Waals surface area contributed by atoms with Crippen molar-refractivity contribution in [2.45, 2.75) is 118 Å². The Labute approximate surface area is 702 Å². The van der Waals surface area contributed by atoms with Crippen LogP contribution in [-0.4, -0.2) is 254 Å². The molecule has 4 aromatic carbocycles. The molecule has 642 valence electrons. The van der Waals surface area contributed by atoms with Crippen molar-refractivity contribution in [1.82, 2.24) is 55.2 Å². The Hall–Kier alpha value is -11.1. The molecule has 4 spiro atoms. The van der Waals surface area contributed by atoms with Crippen LogP contribution in [0.1, 0.15) is 125 Å². The van der Waals surface area contributed by atoms with Crippen molar-refractivity contribution in [3.63, 3.8) is 0 Å². The van der Waals surface area contributed by atoms with E-state index in [-0.39, 0.29) is 104 Å². The number of aromatic amines is 1. The van der Waals surface area contributed by atoms with Crippen molar-refractivity contribution in [1.29, 1.82) is 0 Å². The Morgan fingerprint density at radius 3 is 0.975 bits per heavy atom. The second-order valence-electron chi connectivity index (χ2n) is 30.3. The number of carboxylic acids is 2. The first kappa shape index (κ1) is 95.7. The van der Waals surface area contributed by atoms with E-state index >= 15 is 0 Å². The molecule has 6 N–H and O–H groups in total. The van der Waals surface area contributed by atoms with E-state index in [0.29, 0.717) is 130 Å². The molecular formula is C85H114IN11O21. The van der Waals surface area contributed by atoms with Crippen molar-refractivity contribution in [3.8, 4) is 23.0 Å². The van der Waals surface area contributed by atoms with E-state index in [1.165, 1.54) is 19.4 Å². The number of halogens is 1. The molecule has 10 aliphatic heterocycles. The fraction of sp³-hybridized carbons (Fsp3) is 0.506. The second kappa shape index (κ2) is 43.9. The highest BCUT2D eigenvalue weighted by atomic mass is 127. The van der Waals surface area contributed by atoms with Gasteiger partial charge in [0.15, 0.2) is 0 Å². The van der Waals surface area contributed by atoms with Gasteiger partial charge in [-0.15, -0.1) is 0 Å². The highest BCUT2D eigenvalue weighted by Crippen LogP contribution is 2.46. The molecule has 32 nitrogen and oxygen atoms in total. The van der Waals surface area contributed by atoms with Crippen molar-refractivity contribution >= 4 is 99.6 Å². The van der Waals surface area contributed by atoms with Crippen LogP contribution in [0.5, 0.6) is 23.0 Å². The molecule has 6 atom stereocenters. The third-order valence-corrected chi connectivity index (χ3v) is 22.4. The van der Waals surface area contributed by atoms with Crippen LogP contribution in [0.3, 0.4) is 0 Å². The van der Waals surface area contributed by atoms with Gasteiger partial charge in [-0.2, -0.15) is 0 Å². The van der Waals surface area contributed by atoms with Crippen molar-refractivity contribution in [2.75, 3.05) is 127 Å². The molecule has 5 aromatic rings. The summed E-state index contributed by atoms with van der Waals surface area (Å²) in [7, 11) is 13.3.